The average Bonchev–Trinajstić information content (AvgIpc) is 2.65. The topological polar surface area (TPSA) is 93.2 Å². The van der Waals surface area contributed by atoms with Crippen molar-refractivity contribution < 1.29 is 9.53 Å². The molecule has 0 aliphatic carbocycles. The zero-order valence-corrected chi connectivity index (χ0v) is 15.1. The van der Waals surface area contributed by atoms with Crippen LogP contribution in [0.2, 0.25) is 5.02 Å². The van der Waals surface area contributed by atoms with Gasteiger partial charge in [0, 0.05) is 11.2 Å². The molecule has 0 bridgehead atoms. The summed E-state index contributed by atoms with van der Waals surface area (Å²) in [5.74, 6) is -0.179. The summed E-state index contributed by atoms with van der Waals surface area (Å²) in [6, 6.07) is 13.0. The van der Waals surface area contributed by atoms with Crippen LogP contribution in [0.3, 0.4) is 0 Å². The molecule has 0 fully saturated rings. The molecular weight excluding hydrogens is 370 g/mol. The van der Waals surface area contributed by atoms with Gasteiger partial charge in [-0.25, -0.2) is 9.36 Å². The quantitative estimate of drug-likeness (QED) is 0.706. The zero-order valence-electron chi connectivity index (χ0n) is 14.4. The van der Waals surface area contributed by atoms with Gasteiger partial charge in [-0.05, 0) is 43.3 Å². The Morgan fingerprint density at radius 3 is 2.56 bits per heavy atom. The van der Waals surface area contributed by atoms with Gasteiger partial charge < -0.3 is 15.0 Å². The smallest absolute Gasteiger partial charge is 0.333 e. The first-order chi connectivity index (χ1) is 13.0. The maximum absolute atomic E-state index is 12.7. The molecule has 0 unspecified atom stereocenters. The van der Waals surface area contributed by atoms with Gasteiger partial charge in [0.05, 0.1) is 18.0 Å². The van der Waals surface area contributed by atoms with E-state index in [2.05, 4.69) is 10.3 Å². The van der Waals surface area contributed by atoms with Crippen molar-refractivity contribution in [1.29, 1.82) is 0 Å². The highest BCUT2D eigenvalue weighted by atomic mass is 35.5. The number of hydrogen-bond acceptors (Lipinski definition) is 4. The van der Waals surface area contributed by atoms with Crippen molar-refractivity contribution in [3.05, 3.63) is 86.2 Å². The third kappa shape index (κ3) is 3.93. The molecule has 1 aromatic heterocycles. The highest BCUT2D eigenvalue weighted by Gasteiger charge is 2.17. The standard InChI is InChI=1S/C19H16ClN3O4/c1-2-27-16-6-4-3-5-15(16)22-17(24)14-11-21-19(26)23(18(14)25)13-9-7-12(20)8-10-13/h3-11H,2H2,1H3,(H,21,26)(H,22,24). The van der Waals surface area contributed by atoms with Gasteiger partial charge in [-0.1, -0.05) is 23.7 Å². The molecule has 3 aromatic rings. The van der Waals surface area contributed by atoms with E-state index in [1.165, 1.54) is 12.1 Å². The Hall–Kier alpha value is -3.32. The Morgan fingerprint density at radius 2 is 1.85 bits per heavy atom. The van der Waals surface area contributed by atoms with Gasteiger partial charge in [0.25, 0.3) is 11.5 Å². The predicted octanol–water partition coefficient (Wildman–Crippen LogP) is 2.83. The maximum atomic E-state index is 12.7. The number of H-pyrrole nitrogens is 1. The molecule has 0 radical (unpaired) electrons. The number of amides is 1. The van der Waals surface area contributed by atoms with Crippen LogP contribution in [-0.2, 0) is 0 Å². The lowest BCUT2D eigenvalue weighted by molar-refractivity contribution is 0.102. The summed E-state index contributed by atoms with van der Waals surface area (Å²) in [6.45, 7) is 2.25. The number of carbonyl (C=O) groups excluding carboxylic acids is 1. The summed E-state index contributed by atoms with van der Waals surface area (Å²) >= 11 is 5.84. The molecule has 0 atom stereocenters. The second-order valence-corrected chi connectivity index (χ2v) is 5.94. The molecule has 7 nitrogen and oxygen atoms in total. The monoisotopic (exact) mass is 385 g/mol. The number of halogens is 1. The van der Waals surface area contributed by atoms with Gasteiger partial charge in [-0.15, -0.1) is 0 Å². The van der Waals surface area contributed by atoms with Crippen LogP contribution in [0.25, 0.3) is 5.69 Å². The summed E-state index contributed by atoms with van der Waals surface area (Å²) in [4.78, 5) is 39.9. The van der Waals surface area contributed by atoms with Crippen LogP contribution in [0.5, 0.6) is 5.75 Å². The molecule has 3 rings (SSSR count). The summed E-state index contributed by atoms with van der Waals surface area (Å²) < 4.78 is 6.33. The Morgan fingerprint density at radius 1 is 1.15 bits per heavy atom. The first-order valence-electron chi connectivity index (χ1n) is 8.15. The minimum Gasteiger partial charge on any atom is -0.492 e. The van der Waals surface area contributed by atoms with E-state index >= 15 is 0 Å². The zero-order chi connectivity index (χ0) is 19.4. The Balaban J connectivity index is 2.00. The lowest BCUT2D eigenvalue weighted by Gasteiger charge is -2.11. The van der Waals surface area contributed by atoms with E-state index in [1.807, 2.05) is 6.92 Å². The average molecular weight is 386 g/mol. The molecule has 8 heteroatoms. The molecular formula is C19H16ClN3O4. The second kappa shape index (κ2) is 7.92. The number of benzene rings is 2. The molecule has 1 heterocycles. The lowest BCUT2D eigenvalue weighted by atomic mass is 10.2. The molecule has 2 N–H and O–H groups in total. The van der Waals surface area contributed by atoms with E-state index in [1.54, 1.807) is 36.4 Å². The fraction of sp³-hybridized carbons (Fsp3) is 0.105. The number of anilines is 1. The van der Waals surface area contributed by atoms with Gasteiger partial charge in [0.2, 0.25) is 0 Å². The minimum atomic E-state index is -0.743. The van der Waals surface area contributed by atoms with Crippen molar-refractivity contribution in [2.75, 3.05) is 11.9 Å². The van der Waals surface area contributed by atoms with Crippen molar-refractivity contribution >= 4 is 23.2 Å². The van der Waals surface area contributed by atoms with Crippen LogP contribution in [0.4, 0.5) is 5.69 Å². The predicted molar refractivity (Wildman–Crippen MR) is 103 cm³/mol. The number of aromatic nitrogens is 2. The molecule has 0 aliphatic heterocycles. The summed E-state index contributed by atoms with van der Waals surface area (Å²) in [7, 11) is 0. The number of para-hydroxylation sites is 2. The van der Waals surface area contributed by atoms with Crippen LogP contribution in [0, 0.1) is 0 Å². The summed E-state index contributed by atoms with van der Waals surface area (Å²) in [5, 5.41) is 3.10. The van der Waals surface area contributed by atoms with E-state index in [4.69, 9.17) is 16.3 Å². The molecule has 2 aromatic carbocycles. The third-order valence-electron chi connectivity index (χ3n) is 3.74. The second-order valence-electron chi connectivity index (χ2n) is 5.51. The van der Waals surface area contributed by atoms with E-state index in [9.17, 15) is 14.4 Å². The van der Waals surface area contributed by atoms with Gasteiger partial charge >= 0.3 is 5.69 Å². The van der Waals surface area contributed by atoms with Crippen molar-refractivity contribution in [3.8, 4) is 11.4 Å². The fourth-order valence-electron chi connectivity index (χ4n) is 2.50. The normalized spacial score (nSPS) is 10.4. The number of hydrogen-bond donors (Lipinski definition) is 2. The van der Waals surface area contributed by atoms with Crippen molar-refractivity contribution in [1.82, 2.24) is 9.55 Å². The highest BCUT2D eigenvalue weighted by Crippen LogP contribution is 2.24. The van der Waals surface area contributed by atoms with Gasteiger partial charge in [-0.2, -0.15) is 0 Å². The Kier molecular flexibility index (Phi) is 5.42. The van der Waals surface area contributed by atoms with E-state index in [0.717, 1.165) is 10.8 Å². The first-order valence-corrected chi connectivity index (χ1v) is 8.53. The molecule has 1 amide bonds. The maximum Gasteiger partial charge on any atom is 0.333 e. The number of nitrogens with zero attached hydrogens (tertiary/aromatic N) is 1. The number of ether oxygens (including phenoxy) is 1. The van der Waals surface area contributed by atoms with Crippen LogP contribution in [0.1, 0.15) is 17.3 Å². The highest BCUT2D eigenvalue weighted by molar-refractivity contribution is 6.30. The third-order valence-corrected chi connectivity index (χ3v) is 3.99. The number of rotatable bonds is 5. The SMILES string of the molecule is CCOc1ccccc1NC(=O)c1c[nH]c(=O)n(-c2ccc(Cl)cc2)c1=O. The van der Waals surface area contributed by atoms with E-state index in [0.29, 0.717) is 28.8 Å². The molecule has 0 spiro atoms. The van der Waals surface area contributed by atoms with Crippen LogP contribution >= 0.6 is 11.6 Å². The van der Waals surface area contributed by atoms with E-state index in [-0.39, 0.29) is 5.56 Å². The molecule has 0 saturated heterocycles. The first kappa shape index (κ1) is 18.5. The Bertz CT molecular complexity index is 1090. The molecule has 0 saturated carbocycles. The largest absolute Gasteiger partial charge is 0.492 e. The van der Waals surface area contributed by atoms with Crippen LogP contribution in [-0.4, -0.2) is 22.1 Å². The fourth-order valence-corrected chi connectivity index (χ4v) is 2.63. The van der Waals surface area contributed by atoms with Gasteiger partial charge in [0.1, 0.15) is 11.3 Å². The van der Waals surface area contributed by atoms with Crippen molar-refractivity contribution in [2.24, 2.45) is 0 Å². The van der Waals surface area contributed by atoms with Gasteiger partial charge in [0.15, 0.2) is 0 Å². The van der Waals surface area contributed by atoms with E-state index < -0.39 is 17.2 Å². The lowest BCUT2D eigenvalue weighted by Crippen LogP contribution is -2.38. The number of nitrogens with one attached hydrogen (secondary N) is 2. The number of aromatic amines is 1. The molecule has 27 heavy (non-hydrogen) atoms. The number of carbonyl (C=O) groups is 1. The van der Waals surface area contributed by atoms with Crippen molar-refractivity contribution in [2.45, 2.75) is 6.92 Å². The molecule has 0 aliphatic rings. The van der Waals surface area contributed by atoms with Gasteiger partial charge in [-0.3, -0.25) is 9.59 Å². The Labute approximate surface area is 159 Å². The summed E-state index contributed by atoms with van der Waals surface area (Å²) in [5.41, 5.74) is -0.889. The summed E-state index contributed by atoms with van der Waals surface area (Å²) in [6.07, 6.45) is 1.09. The van der Waals surface area contributed by atoms with Crippen LogP contribution < -0.4 is 21.3 Å². The van der Waals surface area contributed by atoms with Crippen molar-refractivity contribution in [3.63, 3.8) is 0 Å². The van der Waals surface area contributed by atoms with Crippen LogP contribution in [0.15, 0.2) is 64.3 Å². The minimum absolute atomic E-state index is 0.212. The molecule has 138 valence electrons.